The van der Waals surface area contributed by atoms with E-state index in [0.717, 1.165) is 4.31 Å². The molecule has 0 spiro atoms. The predicted octanol–water partition coefficient (Wildman–Crippen LogP) is 1.95. The number of thiazole rings is 1. The van der Waals surface area contributed by atoms with Gasteiger partial charge in [0.2, 0.25) is 10.0 Å². The molecule has 1 aromatic heterocycles. The number of rotatable bonds is 4. The summed E-state index contributed by atoms with van der Waals surface area (Å²) in [6, 6.07) is 4.49. The van der Waals surface area contributed by atoms with Gasteiger partial charge in [0, 0.05) is 31.2 Å². The number of amides is 1. The summed E-state index contributed by atoms with van der Waals surface area (Å²) in [7, 11) is -0.674. The minimum atomic E-state index is -3.57. The van der Waals surface area contributed by atoms with Crippen molar-refractivity contribution in [3.8, 4) is 0 Å². The lowest BCUT2D eigenvalue weighted by atomic mass is 10.1. The molecule has 1 amide bonds. The third-order valence-electron chi connectivity index (χ3n) is 2.89. The topological polar surface area (TPSA) is 79.4 Å². The van der Waals surface area contributed by atoms with Crippen LogP contribution in [0.4, 0.5) is 5.13 Å². The van der Waals surface area contributed by atoms with Gasteiger partial charge in [0.05, 0.1) is 4.90 Å². The second-order valence-electron chi connectivity index (χ2n) is 4.56. The molecule has 0 fully saturated rings. The Morgan fingerprint density at radius 1 is 1.33 bits per heavy atom. The molecule has 112 valence electrons. The van der Waals surface area contributed by atoms with E-state index in [1.54, 1.807) is 24.6 Å². The first-order valence-corrected chi connectivity index (χ1v) is 8.38. The Kier molecular flexibility index (Phi) is 4.40. The van der Waals surface area contributed by atoms with E-state index in [-0.39, 0.29) is 10.8 Å². The van der Waals surface area contributed by atoms with Crippen LogP contribution in [0.3, 0.4) is 0 Å². The number of benzene rings is 1. The molecule has 6 nitrogen and oxygen atoms in total. The number of anilines is 1. The molecule has 0 unspecified atom stereocenters. The van der Waals surface area contributed by atoms with Crippen LogP contribution < -0.4 is 5.32 Å². The number of aromatic nitrogens is 1. The summed E-state index contributed by atoms with van der Waals surface area (Å²) in [5.41, 5.74) is 1.01. The van der Waals surface area contributed by atoms with Crippen molar-refractivity contribution in [3.63, 3.8) is 0 Å². The van der Waals surface area contributed by atoms with Crippen molar-refractivity contribution in [3.05, 3.63) is 40.9 Å². The summed E-state index contributed by atoms with van der Waals surface area (Å²) in [5.74, 6) is -0.377. The number of carbonyl (C=O) groups is 1. The van der Waals surface area contributed by atoms with Gasteiger partial charge < -0.3 is 0 Å². The molecular weight excluding hydrogens is 310 g/mol. The van der Waals surface area contributed by atoms with E-state index >= 15 is 0 Å². The lowest BCUT2D eigenvalue weighted by Crippen LogP contribution is -2.23. The van der Waals surface area contributed by atoms with Crippen LogP contribution in [-0.2, 0) is 10.0 Å². The fourth-order valence-electron chi connectivity index (χ4n) is 1.67. The van der Waals surface area contributed by atoms with Crippen LogP contribution in [0, 0.1) is 6.92 Å². The van der Waals surface area contributed by atoms with E-state index < -0.39 is 10.0 Å². The van der Waals surface area contributed by atoms with Gasteiger partial charge in [0.15, 0.2) is 5.13 Å². The van der Waals surface area contributed by atoms with Crippen molar-refractivity contribution in [1.29, 1.82) is 0 Å². The van der Waals surface area contributed by atoms with E-state index in [0.29, 0.717) is 16.3 Å². The molecule has 2 aromatic rings. The van der Waals surface area contributed by atoms with Crippen molar-refractivity contribution in [1.82, 2.24) is 9.29 Å². The minimum Gasteiger partial charge on any atom is -0.298 e. The number of carbonyl (C=O) groups excluding carboxylic acids is 1. The van der Waals surface area contributed by atoms with Crippen molar-refractivity contribution in [2.24, 2.45) is 0 Å². The van der Waals surface area contributed by atoms with Gasteiger partial charge in [-0.15, -0.1) is 11.3 Å². The van der Waals surface area contributed by atoms with Crippen LogP contribution in [0.2, 0.25) is 0 Å². The zero-order chi connectivity index (χ0) is 15.6. The van der Waals surface area contributed by atoms with Crippen LogP contribution in [0.5, 0.6) is 0 Å². The molecule has 0 radical (unpaired) electrons. The van der Waals surface area contributed by atoms with Crippen molar-refractivity contribution in [2.75, 3.05) is 19.4 Å². The van der Waals surface area contributed by atoms with Crippen molar-refractivity contribution >= 4 is 32.4 Å². The van der Waals surface area contributed by atoms with Crippen molar-refractivity contribution < 1.29 is 13.2 Å². The van der Waals surface area contributed by atoms with Crippen molar-refractivity contribution in [2.45, 2.75) is 11.8 Å². The third-order valence-corrected chi connectivity index (χ3v) is 5.38. The quantitative estimate of drug-likeness (QED) is 0.932. The summed E-state index contributed by atoms with van der Waals surface area (Å²) < 4.78 is 25.3. The highest BCUT2D eigenvalue weighted by Crippen LogP contribution is 2.20. The second kappa shape index (κ2) is 5.92. The van der Waals surface area contributed by atoms with E-state index in [1.165, 1.54) is 37.6 Å². The monoisotopic (exact) mass is 325 g/mol. The van der Waals surface area contributed by atoms with Gasteiger partial charge in [-0.2, -0.15) is 0 Å². The Morgan fingerprint density at radius 2 is 2.05 bits per heavy atom. The average molecular weight is 325 g/mol. The zero-order valence-corrected chi connectivity index (χ0v) is 13.5. The zero-order valence-electron chi connectivity index (χ0n) is 11.8. The van der Waals surface area contributed by atoms with E-state index in [1.807, 2.05) is 0 Å². The number of aryl methyl sites for hydroxylation is 1. The summed E-state index contributed by atoms with van der Waals surface area (Å²) >= 11 is 1.30. The average Bonchev–Trinajstić information content (AvgIpc) is 2.91. The Balaban J connectivity index is 2.38. The largest absolute Gasteiger partial charge is 0.298 e. The highest BCUT2D eigenvalue weighted by Gasteiger charge is 2.20. The second-order valence-corrected chi connectivity index (χ2v) is 7.60. The molecule has 0 atom stereocenters. The van der Waals surface area contributed by atoms with Crippen LogP contribution in [0.15, 0.2) is 34.7 Å². The van der Waals surface area contributed by atoms with Gasteiger partial charge in [-0.05, 0) is 24.6 Å². The first-order valence-electron chi connectivity index (χ1n) is 6.06. The lowest BCUT2D eigenvalue weighted by molar-refractivity contribution is 0.102. The van der Waals surface area contributed by atoms with E-state index in [9.17, 15) is 13.2 Å². The third kappa shape index (κ3) is 3.29. The fourth-order valence-corrected chi connectivity index (χ4v) is 3.12. The van der Waals surface area contributed by atoms with Crippen LogP contribution in [0.1, 0.15) is 15.9 Å². The molecule has 0 saturated carbocycles. The highest BCUT2D eigenvalue weighted by atomic mass is 32.2. The smallest absolute Gasteiger partial charge is 0.257 e. The SMILES string of the molecule is Cc1ccc(S(=O)(=O)N(C)C)cc1C(=O)Nc1nccs1. The molecule has 1 N–H and O–H groups in total. The van der Waals surface area contributed by atoms with Gasteiger partial charge >= 0.3 is 0 Å². The maximum absolute atomic E-state index is 12.2. The molecular formula is C13H15N3O3S2. The van der Waals surface area contributed by atoms with Crippen LogP contribution in [-0.4, -0.2) is 37.7 Å². The van der Waals surface area contributed by atoms with Gasteiger partial charge in [-0.3, -0.25) is 10.1 Å². The Hall–Kier alpha value is -1.77. The standard InChI is InChI=1S/C13H15N3O3S2/c1-9-4-5-10(21(18,19)16(2)3)8-11(9)12(17)15-13-14-6-7-20-13/h4-8H,1-3H3,(H,14,15,17). The minimum absolute atomic E-state index is 0.0855. The predicted molar refractivity (Wildman–Crippen MR) is 82.1 cm³/mol. The molecule has 21 heavy (non-hydrogen) atoms. The molecule has 0 aliphatic heterocycles. The molecule has 0 aliphatic carbocycles. The van der Waals surface area contributed by atoms with Gasteiger partial charge in [-0.25, -0.2) is 17.7 Å². The maximum atomic E-state index is 12.2. The van der Waals surface area contributed by atoms with Crippen LogP contribution in [0.25, 0.3) is 0 Å². The highest BCUT2D eigenvalue weighted by molar-refractivity contribution is 7.89. The first-order chi connectivity index (χ1) is 9.82. The summed E-state index contributed by atoms with van der Waals surface area (Å²) in [6.45, 7) is 1.75. The molecule has 2 rings (SSSR count). The molecule has 0 bridgehead atoms. The molecule has 8 heteroatoms. The Morgan fingerprint density at radius 3 is 2.62 bits per heavy atom. The Bertz CT molecular complexity index is 753. The number of hydrogen-bond acceptors (Lipinski definition) is 5. The van der Waals surface area contributed by atoms with Gasteiger partial charge in [0.1, 0.15) is 0 Å². The van der Waals surface area contributed by atoms with Gasteiger partial charge in [-0.1, -0.05) is 6.07 Å². The number of hydrogen-bond donors (Lipinski definition) is 1. The normalized spacial score (nSPS) is 11.6. The molecule has 1 heterocycles. The molecule has 0 aliphatic rings. The number of nitrogens with zero attached hydrogens (tertiary/aromatic N) is 2. The van der Waals surface area contributed by atoms with E-state index in [2.05, 4.69) is 10.3 Å². The van der Waals surface area contributed by atoms with Gasteiger partial charge in [0.25, 0.3) is 5.91 Å². The lowest BCUT2D eigenvalue weighted by Gasteiger charge is -2.13. The first kappa shape index (κ1) is 15.6. The summed E-state index contributed by atoms with van der Waals surface area (Å²) in [4.78, 5) is 16.3. The summed E-state index contributed by atoms with van der Waals surface area (Å²) in [6.07, 6.45) is 1.58. The number of sulfonamides is 1. The Labute approximate surface area is 127 Å². The maximum Gasteiger partial charge on any atom is 0.257 e. The fraction of sp³-hybridized carbons (Fsp3) is 0.231. The number of nitrogens with one attached hydrogen (secondary N) is 1. The molecule has 0 saturated heterocycles. The summed E-state index contributed by atoms with van der Waals surface area (Å²) in [5, 5.41) is 4.86. The molecule has 1 aromatic carbocycles. The van der Waals surface area contributed by atoms with Crippen LogP contribution >= 0.6 is 11.3 Å². The van der Waals surface area contributed by atoms with E-state index in [4.69, 9.17) is 0 Å².